The number of rotatable bonds is 10. The van der Waals surface area contributed by atoms with Crippen LogP contribution in [0.1, 0.15) is 50.8 Å². The third kappa shape index (κ3) is 6.06. The fourth-order valence-corrected chi connectivity index (χ4v) is 5.00. The second-order valence-electron chi connectivity index (χ2n) is 7.74. The Morgan fingerprint density at radius 2 is 2.07 bits per heavy atom. The molecule has 1 aliphatic carbocycles. The molecule has 162 valence electrons. The van der Waals surface area contributed by atoms with Crippen LogP contribution in [0.4, 0.5) is 0 Å². The van der Waals surface area contributed by atoms with Crippen molar-refractivity contribution in [3.05, 3.63) is 21.7 Å². The Morgan fingerprint density at radius 3 is 2.79 bits per heavy atom. The molecular formula is C21H34N4O3S. The van der Waals surface area contributed by atoms with Crippen molar-refractivity contribution < 1.29 is 9.53 Å². The van der Waals surface area contributed by atoms with Gasteiger partial charge in [-0.15, -0.1) is 0 Å². The van der Waals surface area contributed by atoms with Crippen LogP contribution in [0.3, 0.4) is 0 Å². The van der Waals surface area contributed by atoms with Gasteiger partial charge in [-0.1, -0.05) is 25.6 Å². The van der Waals surface area contributed by atoms with Gasteiger partial charge in [0.2, 0.25) is 5.91 Å². The summed E-state index contributed by atoms with van der Waals surface area (Å²) in [4.78, 5) is 31.7. The zero-order valence-corrected chi connectivity index (χ0v) is 18.6. The summed E-state index contributed by atoms with van der Waals surface area (Å²) >= 11 is 1.39. The van der Waals surface area contributed by atoms with Gasteiger partial charge in [-0.05, 0) is 51.6 Å². The van der Waals surface area contributed by atoms with E-state index in [1.807, 2.05) is 4.57 Å². The van der Waals surface area contributed by atoms with E-state index in [4.69, 9.17) is 4.74 Å². The molecule has 1 aromatic rings. The van der Waals surface area contributed by atoms with Gasteiger partial charge in [-0.3, -0.25) is 9.36 Å². The molecule has 0 saturated carbocycles. The number of nitrogens with one attached hydrogen (secondary N) is 1. The molecule has 1 unspecified atom stereocenters. The number of aromatic nitrogens is 2. The van der Waals surface area contributed by atoms with Crippen LogP contribution >= 0.6 is 11.8 Å². The molecule has 7 nitrogen and oxygen atoms in total. The third-order valence-electron chi connectivity index (χ3n) is 5.88. The Kier molecular flexibility index (Phi) is 8.56. The molecular weight excluding hydrogens is 388 g/mol. The summed E-state index contributed by atoms with van der Waals surface area (Å²) in [6, 6.07) is 0. The Bertz CT molecular complexity index is 742. The van der Waals surface area contributed by atoms with Gasteiger partial charge in [0.25, 0.3) is 0 Å². The van der Waals surface area contributed by atoms with Crippen LogP contribution in [0.2, 0.25) is 0 Å². The molecule has 1 N–H and O–H groups in total. The maximum atomic E-state index is 12.7. The standard InChI is InChI=1S/C21H34N4O3S/c1-3-24(4-2)11-12-25-18-10-6-5-9-17(18)20(23-21(25)27)29-15-19(26)22-14-16-8-7-13-28-16/h16H,3-15H2,1-2H3,(H,22,26). The first kappa shape index (κ1) is 22.3. The van der Waals surface area contributed by atoms with E-state index in [0.717, 1.165) is 75.5 Å². The molecule has 1 fully saturated rings. The maximum Gasteiger partial charge on any atom is 0.348 e. The number of thioether (sulfide) groups is 1. The third-order valence-corrected chi connectivity index (χ3v) is 6.89. The van der Waals surface area contributed by atoms with Crippen molar-refractivity contribution in [2.24, 2.45) is 0 Å². The van der Waals surface area contributed by atoms with Crippen molar-refractivity contribution in [1.82, 2.24) is 19.8 Å². The summed E-state index contributed by atoms with van der Waals surface area (Å²) in [5.74, 6) is 0.261. The minimum Gasteiger partial charge on any atom is -0.376 e. The minimum absolute atomic E-state index is 0.0254. The monoisotopic (exact) mass is 422 g/mol. The summed E-state index contributed by atoms with van der Waals surface area (Å²) in [7, 11) is 0. The number of ether oxygens (including phenoxy) is 1. The predicted molar refractivity (Wildman–Crippen MR) is 116 cm³/mol. The smallest absolute Gasteiger partial charge is 0.348 e. The number of carbonyl (C=O) groups excluding carboxylic acids is 1. The van der Waals surface area contributed by atoms with Crippen LogP contribution in [0.5, 0.6) is 0 Å². The van der Waals surface area contributed by atoms with Crippen molar-refractivity contribution in [1.29, 1.82) is 0 Å². The van der Waals surface area contributed by atoms with Gasteiger partial charge in [0, 0.05) is 37.5 Å². The fourth-order valence-electron chi connectivity index (χ4n) is 4.10. The highest BCUT2D eigenvalue weighted by atomic mass is 32.2. The number of hydrogen-bond acceptors (Lipinski definition) is 6. The second kappa shape index (κ2) is 11.1. The molecule has 1 aliphatic heterocycles. The minimum atomic E-state index is -0.180. The first-order valence-corrected chi connectivity index (χ1v) is 12.0. The fraction of sp³-hybridized carbons (Fsp3) is 0.762. The van der Waals surface area contributed by atoms with Gasteiger partial charge < -0.3 is 15.0 Å². The molecule has 0 spiro atoms. The number of nitrogens with zero attached hydrogens (tertiary/aromatic N) is 3. The van der Waals surface area contributed by atoms with Crippen molar-refractivity contribution in [3.8, 4) is 0 Å². The van der Waals surface area contributed by atoms with Crippen LogP contribution < -0.4 is 11.0 Å². The number of likely N-dealkylation sites (N-methyl/N-ethyl adjacent to an activating group) is 1. The molecule has 0 aromatic carbocycles. The Hall–Kier alpha value is -1.38. The summed E-state index contributed by atoms with van der Waals surface area (Å²) in [5.41, 5.74) is 2.12. The van der Waals surface area contributed by atoms with E-state index < -0.39 is 0 Å². The number of fused-ring (bicyclic) bond motifs is 1. The topological polar surface area (TPSA) is 76.5 Å². The van der Waals surface area contributed by atoms with E-state index in [1.165, 1.54) is 17.3 Å². The van der Waals surface area contributed by atoms with Gasteiger partial charge >= 0.3 is 5.69 Å². The number of carbonyl (C=O) groups is 1. The van der Waals surface area contributed by atoms with Gasteiger partial charge in [0.15, 0.2) is 0 Å². The van der Waals surface area contributed by atoms with Crippen LogP contribution in [0.25, 0.3) is 0 Å². The lowest BCUT2D eigenvalue weighted by Crippen LogP contribution is -2.35. The number of hydrogen-bond donors (Lipinski definition) is 1. The molecule has 29 heavy (non-hydrogen) atoms. The average Bonchev–Trinajstić information content (AvgIpc) is 3.26. The lowest BCUT2D eigenvalue weighted by atomic mass is 9.97. The van der Waals surface area contributed by atoms with E-state index in [9.17, 15) is 9.59 Å². The molecule has 1 atom stereocenters. The first-order chi connectivity index (χ1) is 14.1. The lowest BCUT2D eigenvalue weighted by Gasteiger charge is -2.24. The SMILES string of the molecule is CCN(CC)CCn1c2c(c(SCC(=O)NCC3CCCO3)nc1=O)CCCC2. The summed E-state index contributed by atoms with van der Waals surface area (Å²) in [6.07, 6.45) is 6.29. The second-order valence-corrected chi connectivity index (χ2v) is 8.70. The normalized spacial score (nSPS) is 18.8. The zero-order chi connectivity index (χ0) is 20.6. The average molecular weight is 423 g/mol. The summed E-state index contributed by atoms with van der Waals surface area (Å²) in [5, 5.41) is 3.69. The summed E-state index contributed by atoms with van der Waals surface area (Å²) < 4.78 is 7.41. The van der Waals surface area contributed by atoms with Gasteiger partial charge in [-0.2, -0.15) is 4.98 Å². The predicted octanol–water partition coefficient (Wildman–Crippen LogP) is 1.85. The Morgan fingerprint density at radius 1 is 1.28 bits per heavy atom. The van der Waals surface area contributed by atoms with Gasteiger partial charge in [-0.25, -0.2) is 4.79 Å². The molecule has 1 aromatic heterocycles. The zero-order valence-electron chi connectivity index (χ0n) is 17.7. The summed E-state index contributed by atoms with van der Waals surface area (Å²) in [6.45, 7) is 9.15. The van der Waals surface area contributed by atoms with Crippen LogP contribution in [-0.2, 0) is 28.9 Å². The van der Waals surface area contributed by atoms with E-state index in [0.29, 0.717) is 13.1 Å². The Balaban J connectivity index is 1.65. The molecule has 1 saturated heterocycles. The van der Waals surface area contributed by atoms with Crippen molar-refractivity contribution in [2.45, 2.75) is 70.0 Å². The molecule has 0 radical (unpaired) electrons. The molecule has 2 aliphatic rings. The van der Waals surface area contributed by atoms with Gasteiger partial charge in [0.05, 0.1) is 11.9 Å². The van der Waals surface area contributed by atoms with E-state index >= 15 is 0 Å². The highest BCUT2D eigenvalue weighted by molar-refractivity contribution is 7.99. The Labute approximate surface area is 177 Å². The van der Waals surface area contributed by atoms with E-state index in [-0.39, 0.29) is 23.5 Å². The molecule has 1 amide bonds. The van der Waals surface area contributed by atoms with Crippen molar-refractivity contribution >= 4 is 17.7 Å². The largest absolute Gasteiger partial charge is 0.376 e. The van der Waals surface area contributed by atoms with E-state index in [2.05, 4.69) is 29.0 Å². The molecule has 8 heteroatoms. The maximum absolute atomic E-state index is 12.7. The molecule has 2 heterocycles. The molecule has 0 bridgehead atoms. The van der Waals surface area contributed by atoms with Crippen LogP contribution in [0, 0.1) is 0 Å². The van der Waals surface area contributed by atoms with Crippen LogP contribution in [-0.4, -0.2) is 65.0 Å². The van der Waals surface area contributed by atoms with Gasteiger partial charge in [0.1, 0.15) is 5.03 Å². The van der Waals surface area contributed by atoms with E-state index in [1.54, 1.807) is 0 Å². The van der Waals surface area contributed by atoms with Crippen molar-refractivity contribution in [3.63, 3.8) is 0 Å². The lowest BCUT2D eigenvalue weighted by molar-refractivity contribution is -0.119. The van der Waals surface area contributed by atoms with Crippen LogP contribution in [0.15, 0.2) is 9.82 Å². The highest BCUT2D eigenvalue weighted by Gasteiger charge is 2.22. The van der Waals surface area contributed by atoms with Crippen molar-refractivity contribution in [2.75, 3.05) is 38.5 Å². The molecule has 3 rings (SSSR count). The highest BCUT2D eigenvalue weighted by Crippen LogP contribution is 2.28. The quantitative estimate of drug-likeness (QED) is 0.458. The number of amides is 1. The first-order valence-electron chi connectivity index (χ1n) is 11.0.